The van der Waals surface area contributed by atoms with Crippen molar-refractivity contribution in [3.8, 4) is 5.75 Å². The fourth-order valence-electron chi connectivity index (χ4n) is 4.72. The third-order valence-corrected chi connectivity index (χ3v) is 6.42. The summed E-state index contributed by atoms with van der Waals surface area (Å²) in [7, 11) is 1.70. The molecule has 3 aromatic rings. The van der Waals surface area contributed by atoms with Gasteiger partial charge >= 0.3 is 0 Å². The van der Waals surface area contributed by atoms with Gasteiger partial charge in [-0.15, -0.1) is 0 Å². The Morgan fingerprint density at radius 1 is 1.14 bits per heavy atom. The van der Waals surface area contributed by atoms with Crippen LogP contribution in [0.15, 0.2) is 65.3 Å². The molecule has 0 spiro atoms. The first-order valence-electron chi connectivity index (χ1n) is 12.3. The van der Waals surface area contributed by atoms with Crippen LogP contribution in [0.5, 0.6) is 5.75 Å². The highest BCUT2D eigenvalue weighted by Gasteiger charge is 2.33. The van der Waals surface area contributed by atoms with E-state index < -0.39 is 12.1 Å². The van der Waals surface area contributed by atoms with E-state index in [4.69, 9.17) is 9.15 Å². The van der Waals surface area contributed by atoms with E-state index in [9.17, 15) is 14.0 Å². The molecule has 0 saturated heterocycles. The first-order chi connectivity index (χ1) is 17.2. The van der Waals surface area contributed by atoms with Crippen molar-refractivity contribution in [1.82, 2.24) is 9.80 Å². The van der Waals surface area contributed by atoms with Crippen molar-refractivity contribution >= 4 is 11.8 Å². The van der Waals surface area contributed by atoms with E-state index in [0.717, 1.165) is 11.1 Å². The topological polar surface area (TPSA) is 63.0 Å². The molecule has 0 fully saturated rings. The van der Waals surface area contributed by atoms with Crippen molar-refractivity contribution in [3.63, 3.8) is 0 Å². The molecule has 2 atom stereocenters. The highest BCUT2D eigenvalue weighted by molar-refractivity contribution is 5.80. The largest absolute Gasteiger partial charge is 0.481 e. The van der Waals surface area contributed by atoms with Gasteiger partial charge in [-0.25, -0.2) is 4.39 Å². The van der Waals surface area contributed by atoms with Crippen molar-refractivity contribution in [3.05, 3.63) is 89.1 Å². The second-order valence-electron chi connectivity index (χ2n) is 9.79. The van der Waals surface area contributed by atoms with Crippen molar-refractivity contribution in [2.75, 3.05) is 13.6 Å². The molecule has 0 saturated carbocycles. The van der Waals surface area contributed by atoms with Crippen LogP contribution < -0.4 is 4.74 Å². The van der Waals surface area contributed by atoms with Gasteiger partial charge in [-0.2, -0.15) is 0 Å². The van der Waals surface area contributed by atoms with Crippen molar-refractivity contribution in [2.45, 2.75) is 52.3 Å². The van der Waals surface area contributed by atoms with Gasteiger partial charge in [0, 0.05) is 20.0 Å². The maximum Gasteiger partial charge on any atom is 0.263 e. The smallest absolute Gasteiger partial charge is 0.263 e. The maximum atomic E-state index is 14.2. The van der Waals surface area contributed by atoms with Crippen LogP contribution in [0.1, 0.15) is 55.7 Å². The molecule has 0 N–H and O–H groups in total. The number of carbonyl (C=O) groups excluding carboxylic acids is 2. The van der Waals surface area contributed by atoms with Gasteiger partial charge < -0.3 is 19.0 Å². The fraction of sp³-hybridized carbons (Fsp3) is 0.379. The predicted molar refractivity (Wildman–Crippen MR) is 135 cm³/mol. The molecule has 1 aromatic heterocycles. The molecule has 4 rings (SSSR count). The number of rotatable bonds is 8. The van der Waals surface area contributed by atoms with E-state index in [1.165, 1.54) is 12.1 Å². The minimum atomic E-state index is -0.724. The molecule has 0 unspecified atom stereocenters. The number of amides is 2. The summed E-state index contributed by atoms with van der Waals surface area (Å²) >= 11 is 0. The number of fused-ring (bicyclic) bond motifs is 1. The second kappa shape index (κ2) is 11.0. The van der Waals surface area contributed by atoms with Gasteiger partial charge in [-0.1, -0.05) is 32.0 Å². The van der Waals surface area contributed by atoms with Crippen molar-refractivity contribution < 1.29 is 23.1 Å². The lowest BCUT2D eigenvalue weighted by atomic mass is 9.87. The molecule has 7 heteroatoms. The summed E-state index contributed by atoms with van der Waals surface area (Å²) in [6.45, 7) is 6.65. The van der Waals surface area contributed by atoms with Crippen LogP contribution in [-0.2, 0) is 22.6 Å². The third kappa shape index (κ3) is 5.78. The molecule has 0 radical (unpaired) electrons. The lowest BCUT2D eigenvalue weighted by Gasteiger charge is -2.38. The number of benzene rings is 2. The average molecular weight is 493 g/mol. The number of hydrogen-bond donors (Lipinski definition) is 0. The molecule has 1 aliphatic heterocycles. The number of nitrogens with zero attached hydrogens (tertiary/aromatic N) is 2. The van der Waals surface area contributed by atoms with Crippen LogP contribution in [-0.4, -0.2) is 41.3 Å². The maximum absolute atomic E-state index is 14.2. The number of ether oxygens (including phenoxy) is 1. The summed E-state index contributed by atoms with van der Waals surface area (Å²) in [5, 5.41) is 0. The summed E-state index contributed by atoms with van der Waals surface area (Å²) in [4.78, 5) is 29.5. The average Bonchev–Trinajstić information content (AvgIpc) is 3.35. The zero-order valence-corrected chi connectivity index (χ0v) is 21.2. The van der Waals surface area contributed by atoms with E-state index >= 15 is 0 Å². The molecule has 6 nitrogen and oxygen atoms in total. The number of furan rings is 1. The number of hydrogen-bond acceptors (Lipinski definition) is 4. The standard InChI is InChI=1S/C29H33FN2O4/c1-19(2)15-27(33)32-13-12-21-10-11-24(17-26(21)28(32)22-7-5-8-23(30)16-22)36-20(3)29(34)31(4)18-25-9-6-14-35-25/h5-11,14,16-17,19-20,28H,12-13,15,18H2,1-4H3/t20-,28-/m0/s1. The van der Waals surface area contributed by atoms with Gasteiger partial charge in [0.1, 0.15) is 17.3 Å². The quantitative estimate of drug-likeness (QED) is 0.424. The number of carbonyl (C=O) groups is 2. The Balaban J connectivity index is 1.60. The zero-order valence-electron chi connectivity index (χ0n) is 21.2. The highest BCUT2D eigenvalue weighted by atomic mass is 19.1. The second-order valence-corrected chi connectivity index (χ2v) is 9.79. The lowest BCUT2D eigenvalue weighted by molar-refractivity contribution is -0.137. The first-order valence-corrected chi connectivity index (χ1v) is 12.3. The normalized spacial score (nSPS) is 15.9. The summed E-state index contributed by atoms with van der Waals surface area (Å²) in [6, 6.07) is 15.3. The lowest BCUT2D eigenvalue weighted by Crippen LogP contribution is -2.41. The highest BCUT2D eigenvalue weighted by Crippen LogP contribution is 2.38. The van der Waals surface area contributed by atoms with Crippen LogP contribution in [0.3, 0.4) is 0 Å². The Hall–Kier alpha value is -3.61. The molecule has 2 amide bonds. The van der Waals surface area contributed by atoms with E-state index in [-0.39, 0.29) is 23.5 Å². The van der Waals surface area contributed by atoms with Crippen molar-refractivity contribution in [2.24, 2.45) is 5.92 Å². The summed E-state index contributed by atoms with van der Waals surface area (Å²) in [5.74, 6) is 0.948. The molecule has 190 valence electrons. The van der Waals surface area contributed by atoms with E-state index in [0.29, 0.717) is 43.0 Å². The van der Waals surface area contributed by atoms with Crippen molar-refractivity contribution in [1.29, 1.82) is 0 Å². The van der Waals surface area contributed by atoms with Crippen LogP contribution in [0.2, 0.25) is 0 Å². The van der Waals surface area contributed by atoms with E-state index in [1.54, 1.807) is 37.3 Å². The summed E-state index contributed by atoms with van der Waals surface area (Å²) in [6.07, 6.45) is 1.97. The number of halogens is 1. The minimum Gasteiger partial charge on any atom is -0.481 e. The predicted octanol–water partition coefficient (Wildman–Crippen LogP) is 5.36. The Labute approximate surface area is 211 Å². The fourth-order valence-corrected chi connectivity index (χ4v) is 4.72. The van der Waals surface area contributed by atoms with Crippen LogP contribution >= 0.6 is 0 Å². The summed E-state index contributed by atoms with van der Waals surface area (Å²) in [5.41, 5.74) is 2.69. The molecule has 2 heterocycles. The van der Waals surface area contributed by atoms with Gasteiger partial charge in [0.2, 0.25) is 5.91 Å². The Morgan fingerprint density at radius 3 is 2.64 bits per heavy atom. The SMILES string of the molecule is CC(C)CC(=O)N1CCc2ccc(O[C@@H](C)C(=O)N(C)Cc3ccco3)cc2[C@@H]1c1cccc(F)c1. The minimum absolute atomic E-state index is 0.0410. The van der Waals surface area contributed by atoms with Gasteiger partial charge in [0.25, 0.3) is 5.91 Å². The molecule has 0 bridgehead atoms. The Bertz CT molecular complexity index is 1210. The molecule has 1 aliphatic rings. The van der Waals surface area contributed by atoms with Crippen LogP contribution in [0.4, 0.5) is 4.39 Å². The third-order valence-electron chi connectivity index (χ3n) is 6.42. The molecule has 0 aliphatic carbocycles. The Morgan fingerprint density at radius 2 is 1.94 bits per heavy atom. The van der Waals surface area contributed by atoms with Crippen LogP contribution in [0.25, 0.3) is 0 Å². The monoisotopic (exact) mass is 492 g/mol. The summed E-state index contributed by atoms with van der Waals surface area (Å²) < 4.78 is 25.6. The first kappa shape index (κ1) is 25.5. The Kier molecular flexibility index (Phi) is 7.77. The van der Waals surface area contributed by atoms with Crippen LogP contribution in [0, 0.1) is 11.7 Å². The molecule has 2 aromatic carbocycles. The number of likely N-dealkylation sites (N-methyl/N-ethyl adjacent to an activating group) is 1. The van der Waals surface area contributed by atoms with Gasteiger partial charge in [-0.3, -0.25) is 9.59 Å². The molecule has 36 heavy (non-hydrogen) atoms. The van der Waals surface area contributed by atoms with E-state index in [2.05, 4.69) is 0 Å². The zero-order chi connectivity index (χ0) is 25.8. The molecular weight excluding hydrogens is 459 g/mol. The van der Waals surface area contributed by atoms with Gasteiger partial charge in [0.15, 0.2) is 6.10 Å². The van der Waals surface area contributed by atoms with Gasteiger partial charge in [0.05, 0.1) is 18.8 Å². The van der Waals surface area contributed by atoms with E-state index in [1.807, 2.05) is 49.1 Å². The van der Waals surface area contributed by atoms with Gasteiger partial charge in [-0.05, 0) is 72.4 Å². The molecular formula is C29H33FN2O4.